The van der Waals surface area contributed by atoms with E-state index in [4.69, 9.17) is 9.84 Å². The molecule has 3 rings (SSSR count). The van der Waals surface area contributed by atoms with E-state index in [1.807, 2.05) is 0 Å². The molecule has 0 aliphatic heterocycles. The van der Waals surface area contributed by atoms with Crippen LogP contribution in [0.5, 0.6) is 5.75 Å². The van der Waals surface area contributed by atoms with Crippen molar-refractivity contribution >= 4 is 22.1 Å². The number of methoxy groups -OCH3 is 1. The van der Waals surface area contributed by atoms with Crippen LogP contribution in [0, 0.1) is 5.82 Å². The fourth-order valence-electron chi connectivity index (χ4n) is 2.90. The van der Waals surface area contributed by atoms with Crippen molar-refractivity contribution in [2.24, 2.45) is 0 Å². The molecule has 1 unspecified atom stereocenters. The number of rotatable bonds is 6. The monoisotopic (exact) mass is 377 g/mol. The Morgan fingerprint density at radius 2 is 1.92 bits per heavy atom. The highest BCUT2D eigenvalue weighted by molar-refractivity contribution is 7.89. The van der Waals surface area contributed by atoms with Gasteiger partial charge in [0.1, 0.15) is 11.6 Å². The number of hydrogen-bond acceptors (Lipinski definition) is 4. The van der Waals surface area contributed by atoms with Gasteiger partial charge in [0.2, 0.25) is 10.0 Å². The average Bonchev–Trinajstić information content (AvgIpc) is 2.98. The van der Waals surface area contributed by atoms with Crippen LogP contribution < -0.4 is 9.46 Å². The minimum absolute atomic E-state index is 0.0555. The third kappa shape index (κ3) is 3.47. The van der Waals surface area contributed by atoms with Gasteiger partial charge in [-0.05, 0) is 41.5 Å². The van der Waals surface area contributed by atoms with Gasteiger partial charge in [-0.3, -0.25) is 4.79 Å². The number of fused-ring (bicyclic) bond motifs is 1. The second kappa shape index (κ2) is 6.89. The van der Waals surface area contributed by atoms with Gasteiger partial charge in [0, 0.05) is 5.56 Å². The van der Waals surface area contributed by atoms with Gasteiger partial charge in [-0.2, -0.15) is 4.72 Å². The third-order valence-corrected chi connectivity index (χ3v) is 5.55. The predicted octanol–water partition coefficient (Wildman–Crippen LogP) is 2.51. The summed E-state index contributed by atoms with van der Waals surface area (Å²) in [5, 5.41) is 9.12. The van der Waals surface area contributed by atoms with Gasteiger partial charge in [-0.25, -0.2) is 12.8 Å². The van der Waals surface area contributed by atoms with Crippen molar-refractivity contribution < 1.29 is 27.4 Å². The number of sulfonamides is 1. The zero-order chi connectivity index (χ0) is 18.9. The summed E-state index contributed by atoms with van der Waals surface area (Å²) in [5.41, 5.74) is 1.74. The van der Waals surface area contributed by atoms with E-state index in [1.54, 1.807) is 24.3 Å². The number of carboxylic acids is 1. The summed E-state index contributed by atoms with van der Waals surface area (Å²) < 4.78 is 45.8. The summed E-state index contributed by atoms with van der Waals surface area (Å²) in [6.45, 7) is 0. The quantitative estimate of drug-likeness (QED) is 0.807. The molecular formula is C18H16FNO5S. The lowest BCUT2D eigenvalue weighted by Crippen LogP contribution is -2.27. The largest absolute Gasteiger partial charge is 0.496 e. The molecule has 1 aliphatic carbocycles. The van der Waals surface area contributed by atoms with Crippen LogP contribution in [0.4, 0.5) is 4.39 Å². The molecule has 26 heavy (non-hydrogen) atoms. The first-order chi connectivity index (χ1) is 12.3. The molecule has 1 aliphatic rings. The Morgan fingerprint density at radius 1 is 1.23 bits per heavy atom. The van der Waals surface area contributed by atoms with Crippen LogP contribution in [0.1, 0.15) is 22.7 Å². The predicted molar refractivity (Wildman–Crippen MR) is 92.8 cm³/mol. The molecule has 0 spiro atoms. The average molecular weight is 377 g/mol. The lowest BCUT2D eigenvalue weighted by molar-refractivity contribution is -0.136. The number of benzene rings is 2. The second-order valence-corrected chi connectivity index (χ2v) is 7.45. The van der Waals surface area contributed by atoms with Crippen molar-refractivity contribution in [3.63, 3.8) is 0 Å². The molecule has 2 N–H and O–H groups in total. The number of aliphatic carboxylic acids is 1. The first kappa shape index (κ1) is 18.1. The van der Waals surface area contributed by atoms with Gasteiger partial charge in [0.15, 0.2) is 0 Å². The Kier molecular flexibility index (Phi) is 4.80. The molecule has 2 aromatic carbocycles. The van der Waals surface area contributed by atoms with E-state index in [9.17, 15) is 17.6 Å². The zero-order valence-electron chi connectivity index (χ0n) is 13.8. The highest BCUT2D eigenvalue weighted by atomic mass is 32.2. The molecule has 0 radical (unpaired) electrons. The van der Waals surface area contributed by atoms with E-state index in [2.05, 4.69) is 4.72 Å². The lowest BCUT2D eigenvalue weighted by atomic mass is 9.98. The molecule has 0 heterocycles. The van der Waals surface area contributed by atoms with Crippen LogP contribution in [-0.4, -0.2) is 26.6 Å². The number of carbonyl (C=O) groups is 1. The molecule has 1 atom stereocenters. The highest BCUT2D eigenvalue weighted by Crippen LogP contribution is 2.36. The Morgan fingerprint density at radius 3 is 2.54 bits per heavy atom. The Balaban J connectivity index is 1.94. The molecule has 2 aromatic rings. The summed E-state index contributed by atoms with van der Waals surface area (Å²) in [4.78, 5) is 11.1. The minimum Gasteiger partial charge on any atom is -0.496 e. The molecule has 8 heteroatoms. The second-order valence-electron chi connectivity index (χ2n) is 5.73. The topological polar surface area (TPSA) is 92.7 Å². The summed E-state index contributed by atoms with van der Waals surface area (Å²) in [6.07, 6.45) is 3.07. The Bertz CT molecular complexity index is 983. The van der Waals surface area contributed by atoms with E-state index in [0.717, 1.165) is 12.1 Å². The van der Waals surface area contributed by atoms with Crippen LogP contribution >= 0.6 is 0 Å². The molecule has 0 amide bonds. The molecular weight excluding hydrogens is 361 g/mol. The van der Waals surface area contributed by atoms with E-state index in [1.165, 1.54) is 19.2 Å². The Hall–Kier alpha value is -2.71. The molecule has 0 bridgehead atoms. The minimum atomic E-state index is -3.87. The number of nitrogens with one attached hydrogen (secondary N) is 1. The lowest BCUT2D eigenvalue weighted by Gasteiger charge is -2.17. The van der Waals surface area contributed by atoms with Gasteiger partial charge in [-0.1, -0.05) is 18.2 Å². The van der Waals surface area contributed by atoms with Crippen molar-refractivity contribution in [1.29, 1.82) is 0 Å². The van der Waals surface area contributed by atoms with E-state index < -0.39 is 27.9 Å². The smallest absolute Gasteiger partial charge is 0.307 e. The molecule has 0 aromatic heterocycles. The van der Waals surface area contributed by atoms with Crippen LogP contribution in [0.15, 0.2) is 47.4 Å². The number of hydrogen-bond donors (Lipinski definition) is 2. The molecule has 6 nitrogen and oxygen atoms in total. The van der Waals surface area contributed by atoms with Crippen LogP contribution in [0.25, 0.3) is 6.08 Å². The van der Waals surface area contributed by atoms with Crippen LogP contribution in [0.3, 0.4) is 0 Å². The fraction of sp³-hybridized carbons (Fsp3) is 0.167. The van der Waals surface area contributed by atoms with Gasteiger partial charge in [0.25, 0.3) is 0 Å². The molecule has 0 fully saturated rings. The summed E-state index contributed by atoms with van der Waals surface area (Å²) >= 11 is 0. The molecule has 0 saturated heterocycles. The molecule has 0 saturated carbocycles. The van der Waals surface area contributed by atoms with Crippen molar-refractivity contribution in [2.45, 2.75) is 17.4 Å². The fourth-order valence-corrected chi connectivity index (χ4v) is 4.07. The maximum absolute atomic E-state index is 13.0. The van der Waals surface area contributed by atoms with Crippen LogP contribution in [0.2, 0.25) is 0 Å². The van der Waals surface area contributed by atoms with Crippen molar-refractivity contribution in [3.8, 4) is 5.75 Å². The SMILES string of the molecule is COc1ccc2c(c1CC(=O)O)C=CC2NS(=O)(=O)c1ccc(F)cc1. The van der Waals surface area contributed by atoms with Crippen molar-refractivity contribution in [3.05, 3.63) is 65.0 Å². The van der Waals surface area contributed by atoms with Gasteiger partial charge in [0.05, 0.1) is 24.5 Å². The number of halogens is 1. The van der Waals surface area contributed by atoms with E-state index in [0.29, 0.717) is 22.4 Å². The molecule has 136 valence electrons. The number of carboxylic acid groups (broad SMARTS) is 1. The van der Waals surface area contributed by atoms with Crippen molar-refractivity contribution in [1.82, 2.24) is 4.72 Å². The summed E-state index contributed by atoms with van der Waals surface area (Å²) in [5.74, 6) is -1.11. The third-order valence-electron chi connectivity index (χ3n) is 4.09. The van der Waals surface area contributed by atoms with Gasteiger partial charge >= 0.3 is 5.97 Å². The normalized spacial score (nSPS) is 15.7. The first-order valence-electron chi connectivity index (χ1n) is 7.69. The van der Waals surface area contributed by atoms with E-state index >= 15 is 0 Å². The summed E-state index contributed by atoms with van der Waals surface area (Å²) in [6, 6.07) is 7.16. The maximum atomic E-state index is 13.0. The van der Waals surface area contributed by atoms with Gasteiger partial charge < -0.3 is 9.84 Å². The number of ether oxygens (including phenoxy) is 1. The standard InChI is InChI=1S/C18H16FNO5S/c1-25-17-9-7-14-13(15(17)10-18(21)22)6-8-16(14)20-26(23,24)12-4-2-11(19)3-5-12/h2-9,16,20H,10H2,1H3,(H,21,22). The maximum Gasteiger partial charge on any atom is 0.307 e. The first-order valence-corrected chi connectivity index (χ1v) is 9.18. The van der Waals surface area contributed by atoms with Crippen molar-refractivity contribution in [2.75, 3.05) is 7.11 Å². The zero-order valence-corrected chi connectivity index (χ0v) is 14.6. The Labute approximate surface area is 150 Å². The van der Waals surface area contributed by atoms with Crippen LogP contribution in [-0.2, 0) is 21.2 Å². The van der Waals surface area contributed by atoms with Gasteiger partial charge in [-0.15, -0.1) is 0 Å². The highest BCUT2D eigenvalue weighted by Gasteiger charge is 2.27. The summed E-state index contributed by atoms with van der Waals surface area (Å²) in [7, 11) is -2.43. The van der Waals surface area contributed by atoms with E-state index in [-0.39, 0.29) is 11.3 Å².